The highest BCUT2D eigenvalue weighted by atomic mass is 19.4. The van der Waals surface area contributed by atoms with Gasteiger partial charge >= 0.3 is 6.18 Å². The van der Waals surface area contributed by atoms with Crippen molar-refractivity contribution in [2.75, 3.05) is 5.73 Å². The number of anilines is 1. The fourth-order valence-electron chi connectivity index (χ4n) is 1.70. The number of nitrogen functional groups attached to an aromatic ring is 1. The molecule has 2 N–H and O–H groups in total. The van der Waals surface area contributed by atoms with Crippen molar-refractivity contribution in [3.63, 3.8) is 0 Å². The molecule has 0 saturated carbocycles. The highest BCUT2D eigenvalue weighted by molar-refractivity contribution is 5.95. The van der Waals surface area contributed by atoms with Crippen LogP contribution >= 0.6 is 0 Å². The van der Waals surface area contributed by atoms with E-state index in [-0.39, 0.29) is 11.6 Å². The highest BCUT2D eigenvalue weighted by Crippen LogP contribution is 2.33. The van der Waals surface area contributed by atoms with Crippen molar-refractivity contribution < 1.29 is 18.0 Å². The van der Waals surface area contributed by atoms with Gasteiger partial charge < -0.3 is 5.73 Å². The van der Waals surface area contributed by atoms with Gasteiger partial charge in [-0.05, 0) is 25.5 Å². The number of rotatable bonds is 2. The van der Waals surface area contributed by atoms with Gasteiger partial charge in [0.25, 0.3) is 0 Å². The van der Waals surface area contributed by atoms with E-state index in [4.69, 9.17) is 5.73 Å². The zero-order chi connectivity index (χ0) is 15.1. The predicted molar refractivity (Wildman–Crippen MR) is 65.5 cm³/mol. The third-order valence-corrected chi connectivity index (χ3v) is 2.76. The summed E-state index contributed by atoms with van der Waals surface area (Å²) in [6, 6.07) is 2.89. The molecule has 0 spiro atoms. The van der Waals surface area contributed by atoms with Crippen molar-refractivity contribution in [2.45, 2.75) is 20.0 Å². The molecule has 5 nitrogen and oxygen atoms in total. The Bertz CT molecular complexity index is 676. The van der Waals surface area contributed by atoms with Gasteiger partial charge in [0.05, 0.1) is 11.8 Å². The monoisotopic (exact) mass is 284 g/mol. The number of alkyl halides is 3. The van der Waals surface area contributed by atoms with E-state index in [1.165, 1.54) is 12.1 Å². The SMILES string of the molecule is CC(=O)c1cnn(-c2ccc(C)c(N)n2)c1C(F)(F)F. The van der Waals surface area contributed by atoms with Gasteiger partial charge in [0, 0.05) is 0 Å². The summed E-state index contributed by atoms with van der Waals surface area (Å²) in [5.41, 5.74) is 4.57. The van der Waals surface area contributed by atoms with Gasteiger partial charge in [-0.3, -0.25) is 4.79 Å². The van der Waals surface area contributed by atoms with Crippen LogP contribution in [0.1, 0.15) is 28.5 Å². The van der Waals surface area contributed by atoms with Crippen LogP contribution in [-0.4, -0.2) is 20.5 Å². The smallest absolute Gasteiger partial charge is 0.383 e. The summed E-state index contributed by atoms with van der Waals surface area (Å²) in [6.45, 7) is 2.73. The molecule has 0 aromatic carbocycles. The Labute approximate surface area is 112 Å². The highest BCUT2D eigenvalue weighted by Gasteiger charge is 2.40. The number of hydrogen-bond donors (Lipinski definition) is 1. The van der Waals surface area contributed by atoms with Crippen molar-refractivity contribution in [3.05, 3.63) is 35.2 Å². The minimum atomic E-state index is -4.72. The Hall–Kier alpha value is -2.38. The second-order valence-corrected chi connectivity index (χ2v) is 4.24. The normalized spacial score (nSPS) is 11.7. The molecule has 0 saturated heterocycles. The quantitative estimate of drug-likeness (QED) is 0.859. The Morgan fingerprint density at radius 1 is 1.35 bits per heavy atom. The van der Waals surface area contributed by atoms with Crippen LogP contribution in [0.15, 0.2) is 18.3 Å². The lowest BCUT2D eigenvalue weighted by Gasteiger charge is -2.12. The second kappa shape index (κ2) is 4.62. The fraction of sp³-hybridized carbons (Fsp3) is 0.250. The van der Waals surface area contributed by atoms with Gasteiger partial charge in [0.2, 0.25) is 0 Å². The molecule has 106 valence electrons. The molecule has 0 aliphatic heterocycles. The number of Topliss-reactive ketones (excluding diaryl/α,β-unsaturated/α-hetero) is 1. The maximum atomic E-state index is 13.1. The van der Waals surface area contributed by atoms with Crippen molar-refractivity contribution in [1.29, 1.82) is 0 Å². The Balaban J connectivity index is 2.68. The van der Waals surface area contributed by atoms with Gasteiger partial charge in [-0.1, -0.05) is 6.07 Å². The summed E-state index contributed by atoms with van der Waals surface area (Å²) in [6.07, 6.45) is -3.85. The summed E-state index contributed by atoms with van der Waals surface area (Å²) < 4.78 is 39.9. The first-order valence-electron chi connectivity index (χ1n) is 5.61. The number of hydrogen-bond acceptors (Lipinski definition) is 4. The molecule has 2 aromatic rings. The average molecular weight is 284 g/mol. The molecule has 0 fully saturated rings. The zero-order valence-electron chi connectivity index (χ0n) is 10.7. The van der Waals surface area contributed by atoms with Crippen molar-refractivity contribution >= 4 is 11.6 Å². The van der Waals surface area contributed by atoms with Gasteiger partial charge in [0.1, 0.15) is 5.82 Å². The molecular formula is C12H11F3N4O. The number of nitrogens with two attached hydrogens (primary N) is 1. The van der Waals surface area contributed by atoms with Crippen LogP contribution in [0.3, 0.4) is 0 Å². The van der Waals surface area contributed by atoms with Crippen molar-refractivity contribution in [3.8, 4) is 5.82 Å². The summed E-state index contributed by atoms with van der Waals surface area (Å²) in [4.78, 5) is 15.1. The number of halogens is 3. The van der Waals surface area contributed by atoms with E-state index in [9.17, 15) is 18.0 Å². The first-order valence-corrected chi connectivity index (χ1v) is 5.61. The fourth-order valence-corrected chi connectivity index (χ4v) is 1.70. The van der Waals surface area contributed by atoms with Crippen LogP contribution in [0.2, 0.25) is 0 Å². The van der Waals surface area contributed by atoms with Gasteiger partial charge in [0.15, 0.2) is 17.3 Å². The predicted octanol–water partition coefficient (Wildman–Crippen LogP) is 2.38. The summed E-state index contributed by atoms with van der Waals surface area (Å²) in [5.74, 6) is -0.702. The summed E-state index contributed by atoms with van der Waals surface area (Å²) in [5, 5.41) is 3.60. The molecule has 0 bridgehead atoms. The third kappa shape index (κ3) is 2.36. The molecule has 0 unspecified atom stereocenters. The van der Waals surface area contributed by atoms with Gasteiger partial charge in [-0.15, -0.1) is 0 Å². The van der Waals surface area contributed by atoms with E-state index in [1.807, 2.05) is 0 Å². The molecule has 2 aromatic heterocycles. The molecule has 0 atom stereocenters. The van der Waals surface area contributed by atoms with Crippen molar-refractivity contribution in [1.82, 2.24) is 14.8 Å². The molecule has 20 heavy (non-hydrogen) atoms. The number of aromatic nitrogens is 3. The molecule has 8 heteroatoms. The second-order valence-electron chi connectivity index (χ2n) is 4.24. The van der Waals surface area contributed by atoms with Crippen molar-refractivity contribution in [2.24, 2.45) is 0 Å². The Morgan fingerprint density at radius 3 is 2.50 bits per heavy atom. The van der Waals surface area contributed by atoms with Gasteiger partial charge in [-0.25, -0.2) is 9.67 Å². The van der Waals surface area contributed by atoms with Crippen LogP contribution < -0.4 is 5.73 Å². The number of aryl methyl sites for hydroxylation is 1. The third-order valence-electron chi connectivity index (χ3n) is 2.76. The minimum absolute atomic E-state index is 0.0899. The average Bonchev–Trinajstić information content (AvgIpc) is 2.77. The molecule has 0 aliphatic rings. The number of pyridine rings is 1. The van der Waals surface area contributed by atoms with E-state index in [0.29, 0.717) is 10.2 Å². The summed E-state index contributed by atoms with van der Waals surface area (Å²) >= 11 is 0. The molecule has 0 radical (unpaired) electrons. The molecule has 0 aliphatic carbocycles. The topological polar surface area (TPSA) is 73.8 Å². The maximum Gasteiger partial charge on any atom is 0.434 e. The van der Waals surface area contributed by atoms with Gasteiger partial charge in [-0.2, -0.15) is 18.3 Å². The van der Waals surface area contributed by atoms with E-state index in [2.05, 4.69) is 10.1 Å². The lowest BCUT2D eigenvalue weighted by Crippen LogP contribution is -2.17. The first kappa shape index (κ1) is 14.0. The summed E-state index contributed by atoms with van der Waals surface area (Å²) in [7, 11) is 0. The van der Waals surface area contributed by atoms with Crippen LogP contribution in [0, 0.1) is 6.92 Å². The maximum absolute atomic E-state index is 13.1. The zero-order valence-corrected chi connectivity index (χ0v) is 10.7. The van der Waals surface area contributed by atoms with E-state index in [1.54, 1.807) is 6.92 Å². The lowest BCUT2D eigenvalue weighted by atomic mass is 10.2. The largest absolute Gasteiger partial charge is 0.434 e. The van der Waals surface area contributed by atoms with Crippen LogP contribution in [-0.2, 0) is 6.18 Å². The Morgan fingerprint density at radius 2 is 2.00 bits per heavy atom. The number of ketones is 1. The van der Waals surface area contributed by atoms with E-state index < -0.39 is 23.2 Å². The number of carbonyl (C=O) groups excluding carboxylic acids is 1. The number of carbonyl (C=O) groups is 1. The molecule has 0 amide bonds. The minimum Gasteiger partial charge on any atom is -0.383 e. The lowest BCUT2D eigenvalue weighted by molar-refractivity contribution is -0.143. The van der Waals surface area contributed by atoms with Crippen LogP contribution in [0.5, 0.6) is 0 Å². The van der Waals surface area contributed by atoms with Crippen LogP contribution in [0.4, 0.5) is 19.0 Å². The Kier molecular flexibility index (Phi) is 3.24. The standard InChI is InChI=1S/C12H11F3N4O/c1-6-3-4-9(18-11(6)16)19-10(12(13,14)15)8(5-17-19)7(2)20/h3-5H,1-2H3,(H2,16,18). The molecule has 2 heterocycles. The molecular weight excluding hydrogens is 273 g/mol. The van der Waals surface area contributed by atoms with E-state index in [0.717, 1.165) is 13.1 Å². The first-order chi connectivity index (χ1) is 9.21. The number of nitrogens with zero attached hydrogens (tertiary/aromatic N) is 3. The van der Waals surface area contributed by atoms with E-state index >= 15 is 0 Å². The molecule has 2 rings (SSSR count). The van der Waals surface area contributed by atoms with Crippen LogP contribution in [0.25, 0.3) is 5.82 Å².